The summed E-state index contributed by atoms with van der Waals surface area (Å²) in [5, 5.41) is 14.5. The monoisotopic (exact) mass is 238 g/mol. The molecule has 0 aliphatic carbocycles. The van der Waals surface area contributed by atoms with E-state index in [0.717, 1.165) is 0 Å². The molecule has 0 saturated heterocycles. The minimum Gasteiger partial charge on any atom is -0.504 e. The molecule has 0 radical (unpaired) electrons. The molecule has 38 valence electrons. The van der Waals surface area contributed by atoms with E-state index in [0.29, 0.717) is 11.1 Å². The Morgan fingerprint density at radius 3 is 1.00 bits per heavy atom. The van der Waals surface area contributed by atoms with Gasteiger partial charge in [0.1, 0.15) is 11.1 Å². The van der Waals surface area contributed by atoms with Crippen molar-refractivity contribution in [2.75, 3.05) is 0 Å². The zero-order valence-electron chi connectivity index (χ0n) is 3.57. The van der Waals surface area contributed by atoms with E-state index >= 15 is 0 Å². The molecule has 7 heavy (non-hydrogen) atoms. The van der Waals surface area contributed by atoms with E-state index in [-0.39, 0.29) is 27.3 Å². The molecule has 0 fully saturated rings. The molecule has 2 N–H and O–H groups in total. The van der Waals surface area contributed by atoms with Crippen molar-refractivity contribution in [2.24, 2.45) is 0 Å². The molecule has 0 aliphatic heterocycles. The number of hydrogen-bond donors (Lipinski definition) is 2. The molecule has 0 atom stereocenters. The van der Waals surface area contributed by atoms with Gasteiger partial charge in [0.25, 0.3) is 0 Å². The van der Waals surface area contributed by atoms with Gasteiger partial charge in [0.05, 0.1) is 0 Å². The third-order valence-corrected chi connectivity index (χ3v) is 0. The van der Waals surface area contributed by atoms with Gasteiger partial charge in [-0.2, -0.15) is 0 Å². The topological polar surface area (TPSA) is 40.5 Å². The van der Waals surface area contributed by atoms with Crippen molar-refractivity contribution in [1.82, 2.24) is 0 Å². The fraction of sp³-hybridized carbons (Fsp3) is 0. The van der Waals surface area contributed by atoms with Crippen molar-refractivity contribution in [3.8, 4) is 0 Å². The van der Waals surface area contributed by atoms with Crippen molar-refractivity contribution in [1.29, 1.82) is 0 Å². The van der Waals surface area contributed by atoms with Crippen LogP contribution in [0.4, 0.5) is 0 Å². The zero-order valence-corrected chi connectivity index (χ0v) is 9.24. The molecular weight excluding hydrogens is 233 g/mol. The van der Waals surface area contributed by atoms with Crippen molar-refractivity contribution in [2.45, 2.75) is 0 Å². The summed E-state index contributed by atoms with van der Waals surface area (Å²) in [5.74, 6) is 0. The summed E-state index contributed by atoms with van der Waals surface area (Å²) in [6.45, 7) is 0. The van der Waals surface area contributed by atoms with E-state index in [2.05, 4.69) is 24.4 Å². The van der Waals surface area contributed by atoms with Gasteiger partial charge in [-0.15, -0.1) is 0 Å². The van der Waals surface area contributed by atoms with Gasteiger partial charge in [-0.05, 0) is 24.4 Å². The SMILES string of the molecule is OC=S.OC=S.[Cd]. The van der Waals surface area contributed by atoms with Gasteiger partial charge in [0, 0.05) is 27.3 Å². The van der Waals surface area contributed by atoms with Crippen molar-refractivity contribution in [3.63, 3.8) is 0 Å². The van der Waals surface area contributed by atoms with E-state index in [1.165, 1.54) is 0 Å². The Hall–Kier alpha value is 0.702. The van der Waals surface area contributed by atoms with Crippen LogP contribution in [-0.2, 0) is 27.3 Å². The Morgan fingerprint density at radius 1 is 1.00 bits per heavy atom. The second-order valence-corrected chi connectivity index (χ2v) is 0.632. The molecule has 0 rings (SSSR count). The van der Waals surface area contributed by atoms with Gasteiger partial charge in [-0.1, -0.05) is 0 Å². The predicted octanol–water partition coefficient (Wildman–Crippen LogP) is 1.00. The van der Waals surface area contributed by atoms with E-state index < -0.39 is 0 Å². The van der Waals surface area contributed by atoms with Gasteiger partial charge in [0.2, 0.25) is 0 Å². The molecule has 0 aromatic rings. The van der Waals surface area contributed by atoms with E-state index in [9.17, 15) is 0 Å². The molecule has 0 spiro atoms. The molecule has 0 aromatic carbocycles. The first-order valence-corrected chi connectivity index (χ1v) is 1.93. The molecule has 0 heterocycles. The first-order chi connectivity index (χ1) is 2.83. The normalized spacial score (nSPS) is 3.43. The second-order valence-electron chi connectivity index (χ2n) is 0.211. The minimum absolute atomic E-state index is 0. The first-order valence-electron chi connectivity index (χ1n) is 0.988. The van der Waals surface area contributed by atoms with Gasteiger partial charge in [0.15, 0.2) is 0 Å². The maximum atomic E-state index is 7.26. The Labute approximate surface area is 72.7 Å². The first kappa shape index (κ1) is 15.6. The quantitative estimate of drug-likeness (QED) is 0.486. The molecular formula is C2H4CdO2S2. The molecule has 0 aliphatic rings. The van der Waals surface area contributed by atoms with Gasteiger partial charge in [-0.3, -0.25) is 0 Å². The van der Waals surface area contributed by atoms with Crippen LogP contribution in [0.25, 0.3) is 0 Å². The van der Waals surface area contributed by atoms with E-state index in [4.69, 9.17) is 10.2 Å². The molecule has 0 saturated carbocycles. The maximum absolute atomic E-state index is 7.26. The fourth-order valence-electron chi connectivity index (χ4n) is 0. The minimum atomic E-state index is 0. The third-order valence-electron chi connectivity index (χ3n) is 0. The average molecular weight is 237 g/mol. The molecule has 0 unspecified atom stereocenters. The van der Waals surface area contributed by atoms with Crippen LogP contribution in [-0.4, -0.2) is 21.3 Å². The van der Waals surface area contributed by atoms with Crippen LogP contribution < -0.4 is 0 Å². The number of hydrogen-bond acceptors (Lipinski definition) is 2. The number of rotatable bonds is 0. The van der Waals surface area contributed by atoms with Gasteiger partial charge < -0.3 is 10.2 Å². The van der Waals surface area contributed by atoms with Crippen molar-refractivity contribution in [3.05, 3.63) is 0 Å². The number of thiocarbonyl (C=S) groups is 2. The summed E-state index contributed by atoms with van der Waals surface area (Å²) in [7, 11) is 0. The summed E-state index contributed by atoms with van der Waals surface area (Å²) in [4.78, 5) is 0. The number of aliphatic hydroxyl groups is 2. The van der Waals surface area contributed by atoms with Crippen molar-refractivity contribution < 1.29 is 37.5 Å². The zero-order chi connectivity index (χ0) is 5.41. The molecule has 5 heteroatoms. The summed E-state index contributed by atoms with van der Waals surface area (Å²) >= 11 is 7.65. The largest absolute Gasteiger partial charge is 0.504 e. The molecule has 0 aromatic heterocycles. The Bertz CT molecular complexity index is 34.7. The Balaban J connectivity index is -0.0000000400. The van der Waals surface area contributed by atoms with Crippen LogP contribution in [0.2, 0.25) is 0 Å². The Kier molecular flexibility index (Phi) is 66.7. The summed E-state index contributed by atoms with van der Waals surface area (Å²) < 4.78 is 0. The standard InChI is InChI=1S/2CH2OS.Cd/c2*2-1-3;/h2*1H,(H,2,3);. The molecule has 0 amide bonds. The van der Waals surface area contributed by atoms with E-state index in [1.807, 2.05) is 0 Å². The van der Waals surface area contributed by atoms with Crippen molar-refractivity contribution >= 4 is 35.5 Å². The van der Waals surface area contributed by atoms with Crippen LogP contribution in [0.1, 0.15) is 0 Å². The van der Waals surface area contributed by atoms with Crippen LogP contribution in [0, 0.1) is 0 Å². The smallest absolute Gasteiger partial charge is 0.142 e. The van der Waals surface area contributed by atoms with E-state index in [1.54, 1.807) is 0 Å². The molecule has 0 bridgehead atoms. The maximum Gasteiger partial charge on any atom is 0.142 e. The van der Waals surface area contributed by atoms with Crippen LogP contribution in [0.3, 0.4) is 0 Å². The predicted molar refractivity (Wildman–Crippen MR) is 32.6 cm³/mol. The number of aliphatic hydroxyl groups excluding tert-OH is 2. The van der Waals surface area contributed by atoms with Crippen LogP contribution in [0.5, 0.6) is 0 Å². The van der Waals surface area contributed by atoms with Gasteiger partial charge >= 0.3 is 0 Å². The van der Waals surface area contributed by atoms with Crippen LogP contribution in [0.15, 0.2) is 0 Å². The third kappa shape index (κ3) is 301. The average Bonchev–Trinajstić information content (AvgIpc) is 1.39. The second kappa shape index (κ2) is 29.8. The molecule has 2 nitrogen and oxygen atoms in total. The summed E-state index contributed by atoms with van der Waals surface area (Å²) in [5.41, 5.74) is 1.17. The van der Waals surface area contributed by atoms with Gasteiger partial charge in [-0.25, -0.2) is 0 Å². The summed E-state index contributed by atoms with van der Waals surface area (Å²) in [6.07, 6.45) is 0. The summed E-state index contributed by atoms with van der Waals surface area (Å²) in [6, 6.07) is 0. The fourth-order valence-corrected chi connectivity index (χ4v) is 0. The van der Waals surface area contributed by atoms with Crippen LogP contribution >= 0.6 is 24.4 Å². The Morgan fingerprint density at radius 2 is 1.00 bits per heavy atom.